The van der Waals surface area contributed by atoms with Gasteiger partial charge in [0.25, 0.3) is 10.2 Å². The first kappa shape index (κ1) is 15.9. The first-order valence-corrected chi connectivity index (χ1v) is 8.27. The van der Waals surface area contributed by atoms with Gasteiger partial charge in [0.1, 0.15) is 0 Å². The molecule has 0 aliphatic carbocycles. The summed E-state index contributed by atoms with van der Waals surface area (Å²) in [6, 6.07) is 0.133. The molecule has 1 aliphatic heterocycles. The van der Waals surface area contributed by atoms with Gasteiger partial charge in [-0.1, -0.05) is 19.8 Å². The second-order valence-corrected chi connectivity index (χ2v) is 6.92. The molecule has 1 N–H and O–H groups in total. The van der Waals surface area contributed by atoms with Gasteiger partial charge in [-0.05, 0) is 25.7 Å². The largest absolute Gasteiger partial charge is 0.396 e. The van der Waals surface area contributed by atoms with E-state index in [2.05, 4.69) is 0 Å². The van der Waals surface area contributed by atoms with E-state index in [4.69, 9.17) is 5.11 Å². The van der Waals surface area contributed by atoms with Gasteiger partial charge in [0, 0.05) is 32.8 Å². The van der Waals surface area contributed by atoms with Gasteiger partial charge in [0.15, 0.2) is 0 Å². The van der Waals surface area contributed by atoms with Crippen LogP contribution in [0.1, 0.15) is 45.4 Å². The van der Waals surface area contributed by atoms with Gasteiger partial charge in [-0.15, -0.1) is 0 Å². The molecule has 0 amide bonds. The molecule has 1 saturated heterocycles. The maximum Gasteiger partial charge on any atom is 0.281 e. The normalized spacial score (nSPS) is 23.2. The predicted octanol–water partition coefficient (Wildman–Crippen LogP) is 1.20. The smallest absolute Gasteiger partial charge is 0.281 e. The highest BCUT2D eigenvalue weighted by Gasteiger charge is 2.32. The van der Waals surface area contributed by atoms with Crippen LogP contribution in [0.4, 0.5) is 0 Å². The lowest BCUT2D eigenvalue weighted by atomic mass is 10.1. The Balaban J connectivity index is 2.79. The second kappa shape index (κ2) is 7.43. The van der Waals surface area contributed by atoms with Gasteiger partial charge >= 0.3 is 0 Å². The molecule has 1 heterocycles. The Kier molecular flexibility index (Phi) is 6.55. The van der Waals surface area contributed by atoms with E-state index in [-0.39, 0.29) is 12.6 Å². The van der Waals surface area contributed by atoms with E-state index in [1.165, 1.54) is 4.31 Å². The van der Waals surface area contributed by atoms with Gasteiger partial charge in [0.2, 0.25) is 0 Å². The number of rotatable bonds is 6. The molecule has 5 nitrogen and oxygen atoms in total. The lowest BCUT2D eigenvalue weighted by Crippen LogP contribution is -2.47. The minimum atomic E-state index is -3.36. The van der Waals surface area contributed by atoms with E-state index in [0.717, 1.165) is 32.1 Å². The zero-order valence-electron chi connectivity index (χ0n) is 11.5. The molecule has 6 heteroatoms. The van der Waals surface area contributed by atoms with Crippen LogP contribution >= 0.6 is 0 Å². The third-order valence-corrected chi connectivity index (χ3v) is 5.66. The number of aliphatic hydroxyl groups is 1. The van der Waals surface area contributed by atoms with Crippen molar-refractivity contribution < 1.29 is 13.5 Å². The Bertz CT molecular complexity index is 332. The average Bonchev–Trinajstić information content (AvgIpc) is 2.60. The maximum atomic E-state index is 12.5. The van der Waals surface area contributed by atoms with Crippen molar-refractivity contribution in [3.8, 4) is 0 Å². The molecule has 1 fully saturated rings. The summed E-state index contributed by atoms with van der Waals surface area (Å²) in [6.45, 7) is 3.08. The van der Waals surface area contributed by atoms with Crippen molar-refractivity contribution in [1.82, 2.24) is 8.61 Å². The summed E-state index contributed by atoms with van der Waals surface area (Å²) < 4.78 is 28.0. The van der Waals surface area contributed by atoms with E-state index in [9.17, 15) is 8.42 Å². The zero-order chi connectivity index (χ0) is 13.6. The number of hydrogen-bond donors (Lipinski definition) is 1. The highest BCUT2D eigenvalue weighted by atomic mass is 32.2. The average molecular weight is 278 g/mol. The molecule has 0 aromatic rings. The first-order chi connectivity index (χ1) is 8.54. The Morgan fingerprint density at radius 2 is 2.06 bits per heavy atom. The van der Waals surface area contributed by atoms with E-state index >= 15 is 0 Å². The van der Waals surface area contributed by atoms with E-state index < -0.39 is 10.2 Å². The lowest BCUT2D eigenvalue weighted by Gasteiger charge is -2.32. The summed E-state index contributed by atoms with van der Waals surface area (Å²) in [4.78, 5) is 0. The first-order valence-electron chi connectivity index (χ1n) is 6.88. The molecule has 0 aromatic carbocycles. The van der Waals surface area contributed by atoms with Crippen molar-refractivity contribution in [3.63, 3.8) is 0 Å². The van der Waals surface area contributed by atoms with Gasteiger partial charge in [-0.3, -0.25) is 0 Å². The molecule has 0 radical (unpaired) electrons. The molecule has 0 aromatic heterocycles. The molecule has 108 valence electrons. The topological polar surface area (TPSA) is 60.9 Å². The van der Waals surface area contributed by atoms with Crippen molar-refractivity contribution in [3.05, 3.63) is 0 Å². The summed E-state index contributed by atoms with van der Waals surface area (Å²) in [6.07, 6.45) is 5.49. The van der Waals surface area contributed by atoms with Crippen LogP contribution in [-0.2, 0) is 10.2 Å². The predicted molar refractivity (Wildman–Crippen MR) is 72.5 cm³/mol. The van der Waals surface area contributed by atoms with Crippen molar-refractivity contribution in [2.75, 3.05) is 26.7 Å². The van der Waals surface area contributed by atoms with Crippen molar-refractivity contribution in [2.45, 2.75) is 51.5 Å². The molecule has 1 atom stereocenters. The fourth-order valence-corrected chi connectivity index (χ4v) is 4.16. The van der Waals surface area contributed by atoms with Crippen molar-refractivity contribution in [2.24, 2.45) is 0 Å². The maximum absolute atomic E-state index is 12.5. The summed E-state index contributed by atoms with van der Waals surface area (Å²) in [5.41, 5.74) is 0. The highest BCUT2D eigenvalue weighted by molar-refractivity contribution is 7.86. The molecule has 1 unspecified atom stereocenters. The fraction of sp³-hybridized carbons (Fsp3) is 1.00. The summed E-state index contributed by atoms with van der Waals surface area (Å²) >= 11 is 0. The van der Waals surface area contributed by atoms with E-state index in [1.54, 1.807) is 11.4 Å². The lowest BCUT2D eigenvalue weighted by molar-refractivity contribution is 0.261. The highest BCUT2D eigenvalue weighted by Crippen LogP contribution is 2.23. The van der Waals surface area contributed by atoms with Crippen LogP contribution < -0.4 is 0 Å². The monoisotopic (exact) mass is 278 g/mol. The van der Waals surface area contributed by atoms with E-state index in [0.29, 0.717) is 19.5 Å². The molecular weight excluding hydrogens is 252 g/mol. The molecule has 0 saturated carbocycles. The molecule has 1 aliphatic rings. The minimum absolute atomic E-state index is 0.0249. The van der Waals surface area contributed by atoms with Crippen LogP contribution in [0.3, 0.4) is 0 Å². The summed E-state index contributed by atoms with van der Waals surface area (Å²) in [7, 11) is -1.76. The molecular formula is C12H26N2O3S. The number of nitrogens with zero attached hydrogens (tertiary/aromatic N) is 2. The van der Waals surface area contributed by atoms with Crippen molar-refractivity contribution >= 4 is 10.2 Å². The van der Waals surface area contributed by atoms with Crippen LogP contribution in [0, 0.1) is 0 Å². The van der Waals surface area contributed by atoms with Crippen LogP contribution in [-0.4, -0.2) is 54.9 Å². The van der Waals surface area contributed by atoms with Crippen LogP contribution in [0.2, 0.25) is 0 Å². The third-order valence-electron chi connectivity index (χ3n) is 3.62. The van der Waals surface area contributed by atoms with Crippen LogP contribution in [0.15, 0.2) is 0 Å². The Labute approximate surface area is 111 Å². The number of hydrogen-bond acceptors (Lipinski definition) is 3. The number of aliphatic hydroxyl groups excluding tert-OH is 1. The SMILES string of the molecule is CCC1CCCCCN1S(=O)(=O)N(C)CCCO. The fourth-order valence-electron chi connectivity index (χ4n) is 2.45. The summed E-state index contributed by atoms with van der Waals surface area (Å²) in [5.74, 6) is 0. The Morgan fingerprint density at radius 3 is 2.67 bits per heavy atom. The van der Waals surface area contributed by atoms with E-state index in [1.807, 2.05) is 6.92 Å². The summed E-state index contributed by atoms with van der Waals surface area (Å²) in [5, 5.41) is 8.80. The Morgan fingerprint density at radius 1 is 1.33 bits per heavy atom. The van der Waals surface area contributed by atoms with Gasteiger partial charge < -0.3 is 5.11 Å². The third kappa shape index (κ3) is 3.91. The molecule has 0 bridgehead atoms. The molecule has 1 rings (SSSR count). The minimum Gasteiger partial charge on any atom is -0.396 e. The molecule has 0 spiro atoms. The standard InChI is InChI=1S/C12H26N2O3S/c1-3-12-8-5-4-6-10-14(12)18(16,17)13(2)9-7-11-15/h12,15H,3-11H2,1-2H3. The quantitative estimate of drug-likeness (QED) is 0.794. The van der Waals surface area contributed by atoms with Crippen LogP contribution in [0.25, 0.3) is 0 Å². The zero-order valence-corrected chi connectivity index (χ0v) is 12.3. The van der Waals surface area contributed by atoms with Gasteiger partial charge in [0.05, 0.1) is 0 Å². The van der Waals surface area contributed by atoms with Crippen molar-refractivity contribution in [1.29, 1.82) is 0 Å². The second-order valence-electron chi connectivity index (χ2n) is 4.93. The van der Waals surface area contributed by atoms with Gasteiger partial charge in [-0.2, -0.15) is 17.0 Å². The van der Waals surface area contributed by atoms with Gasteiger partial charge in [-0.25, -0.2) is 0 Å². The van der Waals surface area contributed by atoms with Crippen LogP contribution in [0.5, 0.6) is 0 Å². The Hall–Kier alpha value is -0.170. The molecule has 18 heavy (non-hydrogen) atoms.